The van der Waals surface area contributed by atoms with Gasteiger partial charge in [-0.15, -0.1) is 11.3 Å². The number of aryl methyl sites for hydroxylation is 1. The van der Waals surface area contributed by atoms with Crippen molar-refractivity contribution in [1.29, 1.82) is 0 Å². The van der Waals surface area contributed by atoms with Gasteiger partial charge >= 0.3 is 0 Å². The normalized spacial score (nSPS) is 11.2. The molecule has 0 aliphatic heterocycles. The van der Waals surface area contributed by atoms with Crippen LogP contribution >= 0.6 is 11.3 Å². The van der Waals surface area contributed by atoms with E-state index >= 15 is 0 Å². The average Bonchev–Trinajstić information content (AvgIpc) is 3.05. The van der Waals surface area contributed by atoms with Crippen LogP contribution in [0, 0.1) is 12.7 Å². The number of rotatable bonds is 5. The molecule has 1 aromatic heterocycles. The molecule has 3 rings (SSSR count). The monoisotopic (exact) mass is 391 g/mol. The summed E-state index contributed by atoms with van der Waals surface area (Å²) < 4.78 is 39.9. The number of halogens is 1. The zero-order valence-corrected chi connectivity index (χ0v) is 15.2. The van der Waals surface area contributed by atoms with Crippen LogP contribution in [0.25, 0.3) is 0 Å². The van der Waals surface area contributed by atoms with Crippen LogP contribution in [-0.2, 0) is 10.0 Å². The highest BCUT2D eigenvalue weighted by Gasteiger charge is 2.18. The number of carbonyl (C=O) groups is 1. The molecule has 0 fully saturated rings. The molecule has 1 amide bonds. The van der Waals surface area contributed by atoms with Crippen LogP contribution in [0.2, 0.25) is 0 Å². The Labute approximate surface area is 153 Å². The Bertz CT molecular complexity index is 1030. The van der Waals surface area contributed by atoms with E-state index in [0.29, 0.717) is 5.69 Å². The lowest BCUT2D eigenvalue weighted by molar-refractivity contribution is 0.102. The number of nitrogens with one attached hydrogen (secondary N) is 2. The van der Waals surface area contributed by atoms with E-state index < -0.39 is 21.7 Å². The molecule has 3 aromatic rings. The molecule has 0 bridgehead atoms. The van der Waals surface area contributed by atoms with Gasteiger partial charge in [-0.3, -0.25) is 9.52 Å². The number of benzene rings is 2. The average molecular weight is 391 g/mol. The van der Waals surface area contributed by atoms with Crippen molar-refractivity contribution in [2.24, 2.45) is 0 Å². The summed E-state index contributed by atoms with van der Waals surface area (Å²) in [7, 11) is -3.78. The summed E-state index contributed by atoms with van der Waals surface area (Å²) in [5, 5.41) is 4.08. The number of thiazole rings is 1. The van der Waals surface area contributed by atoms with Crippen molar-refractivity contribution in [1.82, 2.24) is 4.98 Å². The first-order valence-electron chi connectivity index (χ1n) is 7.45. The predicted molar refractivity (Wildman–Crippen MR) is 98.5 cm³/mol. The van der Waals surface area contributed by atoms with E-state index in [1.807, 2.05) is 6.92 Å². The lowest BCUT2D eigenvalue weighted by Crippen LogP contribution is -2.14. The summed E-state index contributed by atoms with van der Waals surface area (Å²) >= 11 is 0.993. The van der Waals surface area contributed by atoms with Crippen LogP contribution in [0.3, 0.4) is 0 Å². The quantitative estimate of drug-likeness (QED) is 0.695. The van der Waals surface area contributed by atoms with Crippen molar-refractivity contribution >= 4 is 38.1 Å². The van der Waals surface area contributed by atoms with Crippen LogP contribution in [0.1, 0.15) is 16.1 Å². The lowest BCUT2D eigenvalue weighted by Gasteiger charge is -2.05. The Morgan fingerprint density at radius 1 is 1.08 bits per heavy atom. The standard InChI is InChI=1S/C17H14FN3O3S2/c1-11-2-8-14(9-3-11)26(23,24)21-17-20-15(10-25-17)16(22)19-13-6-4-12(18)5-7-13/h2-10H,1H3,(H,19,22)(H,20,21). The first kappa shape index (κ1) is 18.0. The van der Waals surface area contributed by atoms with Crippen molar-refractivity contribution in [2.45, 2.75) is 11.8 Å². The van der Waals surface area contributed by atoms with Crippen LogP contribution in [0.5, 0.6) is 0 Å². The molecule has 134 valence electrons. The van der Waals surface area contributed by atoms with Crippen molar-refractivity contribution in [2.75, 3.05) is 10.0 Å². The maximum absolute atomic E-state index is 12.9. The topological polar surface area (TPSA) is 88.2 Å². The van der Waals surface area contributed by atoms with Gasteiger partial charge in [-0.1, -0.05) is 17.7 Å². The summed E-state index contributed by atoms with van der Waals surface area (Å²) in [6.45, 7) is 1.86. The molecule has 0 saturated heterocycles. The van der Waals surface area contributed by atoms with E-state index in [0.717, 1.165) is 16.9 Å². The van der Waals surface area contributed by atoms with Crippen molar-refractivity contribution < 1.29 is 17.6 Å². The fourth-order valence-corrected chi connectivity index (χ4v) is 3.99. The lowest BCUT2D eigenvalue weighted by atomic mass is 10.2. The molecule has 9 heteroatoms. The Morgan fingerprint density at radius 2 is 1.73 bits per heavy atom. The van der Waals surface area contributed by atoms with Gasteiger partial charge in [-0.2, -0.15) is 0 Å². The first-order chi connectivity index (χ1) is 12.3. The molecule has 0 aliphatic carbocycles. The summed E-state index contributed by atoms with van der Waals surface area (Å²) in [4.78, 5) is 16.2. The van der Waals surface area contributed by atoms with Crippen LogP contribution in [-0.4, -0.2) is 19.3 Å². The van der Waals surface area contributed by atoms with Gasteiger partial charge in [0.15, 0.2) is 5.13 Å². The Morgan fingerprint density at radius 3 is 2.38 bits per heavy atom. The van der Waals surface area contributed by atoms with Gasteiger partial charge in [0, 0.05) is 11.1 Å². The minimum atomic E-state index is -3.78. The molecule has 0 saturated carbocycles. The highest BCUT2D eigenvalue weighted by atomic mass is 32.2. The third-order valence-corrected chi connectivity index (χ3v) is 5.63. The molecule has 0 aliphatic rings. The number of nitrogens with zero attached hydrogens (tertiary/aromatic N) is 1. The molecule has 1 heterocycles. The fraction of sp³-hybridized carbons (Fsp3) is 0.0588. The first-order valence-corrected chi connectivity index (χ1v) is 9.82. The van der Waals surface area contributed by atoms with E-state index in [-0.39, 0.29) is 15.7 Å². The molecule has 0 spiro atoms. The number of anilines is 2. The maximum Gasteiger partial charge on any atom is 0.275 e. The van der Waals surface area contributed by atoms with Crippen LogP contribution in [0.4, 0.5) is 15.2 Å². The van der Waals surface area contributed by atoms with Gasteiger partial charge in [0.2, 0.25) is 0 Å². The summed E-state index contributed by atoms with van der Waals surface area (Å²) in [5.74, 6) is -0.932. The van der Waals surface area contributed by atoms with E-state index in [1.165, 1.54) is 41.8 Å². The molecule has 6 nitrogen and oxygen atoms in total. The molecular weight excluding hydrogens is 377 g/mol. The SMILES string of the molecule is Cc1ccc(S(=O)(=O)Nc2nc(C(=O)Nc3ccc(F)cc3)cs2)cc1. The second-order valence-corrected chi connectivity index (χ2v) is 7.96. The number of hydrogen-bond donors (Lipinski definition) is 2. The number of amides is 1. The highest BCUT2D eigenvalue weighted by Crippen LogP contribution is 2.21. The minimum Gasteiger partial charge on any atom is -0.321 e. The van der Waals surface area contributed by atoms with Crippen LogP contribution in [0.15, 0.2) is 58.8 Å². The maximum atomic E-state index is 12.9. The largest absolute Gasteiger partial charge is 0.321 e. The molecule has 2 aromatic carbocycles. The molecule has 0 unspecified atom stereocenters. The molecule has 26 heavy (non-hydrogen) atoms. The summed E-state index contributed by atoms with van der Waals surface area (Å²) in [6.07, 6.45) is 0. The molecular formula is C17H14FN3O3S2. The zero-order chi connectivity index (χ0) is 18.7. The second kappa shape index (κ2) is 7.22. The molecule has 0 radical (unpaired) electrons. The van der Waals surface area contributed by atoms with Crippen molar-refractivity contribution in [3.8, 4) is 0 Å². The number of aromatic nitrogens is 1. The summed E-state index contributed by atoms with van der Waals surface area (Å²) in [5.41, 5.74) is 1.41. The van der Waals surface area contributed by atoms with Crippen molar-refractivity contribution in [3.05, 3.63) is 71.0 Å². The van der Waals surface area contributed by atoms with E-state index in [2.05, 4.69) is 15.0 Å². The smallest absolute Gasteiger partial charge is 0.275 e. The number of hydrogen-bond acceptors (Lipinski definition) is 5. The van der Waals surface area contributed by atoms with Gasteiger partial charge in [0.05, 0.1) is 4.90 Å². The van der Waals surface area contributed by atoms with Crippen LogP contribution < -0.4 is 10.0 Å². The Balaban J connectivity index is 1.72. The van der Waals surface area contributed by atoms with Gasteiger partial charge in [-0.05, 0) is 43.3 Å². The Hall–Kier alpha value is -2.78. The zero-order valence-electron chi connectivity index (χ0n) is 13.6. The second-order valence-electron chi connectivity index (χ2n) is 5.42. The van der Waals surface area contributed by atoms with Gasteiger partial charge in [0.1, 0.15) is 11.5 Å². The third-order valence-electron chi connectivity index (χ3n) is 3.39. The highest BCUT2D eigenvalue weighted by molar-refractivity contribution is 7.93. The summed E-state index contributed by atoms with van der Waals surface area (Å²) in [6, 6.07) is 11.6. The molecule has 2 N–H and O–H groups in total. The van der Waals surface area contributed by atoms with Gasteiger partial charge < -0.3 is 5.32 Å². The van der Waals surface area contributed by atoms with Gasteiger partial charge in [-0.25, -0.2) is 17.8 Å². The number of sulfonamides is 1. The van der Waals surface area contributed by atoms with E-state index in [1.54, 1.807) is 12.1 Å². The molecule has 0 atom stereocenters. The third kappa shape index (κ3) is 4.24. The Kier molecular flexibility index (Phi) is 5.01. The predicted octanol–water partition coefficient (Wildman–Crippen LogP) is 3.64. The van der Waals surface area contributed by atoms with E-state index in [4.69, 9.17) is 0 Å². The fourth-order valence-electron chi connectivity index (χ4n) is 2.04. The number of carbonyl (C=O) groups excluding carboxylic acids is 1. The van der Waals surface area contributed by atoms with E-state index in [9.17, 15) is 17.6 Å². The van der Waals surface area contributed by atoms with Crippen molar-refractivity contribution in [3.63, 3.8) is 0 Å². The minimum absolute atomic E-state index is 0.0564. The van der Waals surface area contributed by atoms with Gasteiger partial charge in [0.25, 0.3) is 15.9 Å².